The van der Waals surface area contributed by atoms with Crippen LogP contribution in [0.1, 0.15) is 35.7 Å². The first-order valence-electron chi connectivity index (χ1n) is 7.07. The summed E-state index contributed by atoms with van der Waals surface area (Å²) < 4.78 is 37.9. The van der Waals surface area contributed by atoms with E-state index in [2.05, 4.69) is 10.6 Å². The van der Waals surface area contributed by atoms with Gasteiger partial charge in [-0.1, -0.05) is 6.07 Å². The first-order valence-corrected chi connectivity index (χ1v) is 7.07. The van der Waals surface area contributed by atoms with Crippen LogP contribution in [0.4, 0.5) is 13.2 Å². The van der Waals surface area contributed by atoms with E-state index in [1.165, 1.54) is 12.1 Å². The summed E-state index contributed by atoms with van der Waals surface area (Å²) in [6, 6.07) is 4.44. The summed E-state index contributed by atoms with van der Waals surface area (Å²) in [6.07, 6.45) is -2.37. The summed E-state index contributed by atoms with van der Waals surface area (Å²) in [7, 11) is 0. The van der Waals surface area contributed by atoms with Crippen LogP contribution >= 0.6 is 12.4 Å². The van der Waals surface area contributed by atoms with E-state index >= 15 is 0 Å². The van der Waals surface area contributed by atoms with Crippen molar-refractivity contribution >= 4 is 18.3 Å². The molecule has 1 amide bonds. The SMILES string of the molecule is CC(NC(=O)c1cccc(C(F)(F)F)c1)C1CCCNC1.Cl. The molecule has 1 aliphatic heterocycles. The molecule has 1 aliphatic rings. The number of nitrogens with one attached hydrogen (secondary N) is 2. The molecular weight excluding hydrogens is 317 g/mol. The van der Waals surface area contributed by atoms with Crippen molar-refractivity contribution < 1.29 is 18.0 Å². The van der Waals surface area contributed by atoms with Crippen molar-refractivity contribution in [3.8, 4) is 0 Å². The van der Waals surface area contributed by atoms with E-state index in [1.807, 2.05) is 6.92 Å². The third-order valence-corrected chi connectivity index (χ3v) is 3.85. The summed E-state index contributed by atoms with van der Waals surface area (Å²) >= 11 is 0. The largest absolute Gasteiger partial charge is 0.416 e. The molecule has 0 aliphatic carbocycles. The van der Waals surface area contributed by atoms with Crippen LogP contribution in [0, 0.1) is 5.92 Å². The molecule has 1 heterocycles. The van der Waals surface area contributed by atoms with Crippen LogP contribution in [0.3, 0.4) is 0 Å². The third kappa shape index (κ3) is 4.88. The van der Waals surface area contributed by atoms with Gasteiger partial charge in [0.15, 0.2) is 0 Å². The highest BCUT2D eigenvalue weighted by molar-refractivity contribution is 5.94. The molecule has 0 aromatic heterocycles. The number of hydrogen-bond acceptors (Lipinski definition) is 2. The Morgan fingerprint density at radius 3 is 2.73 bits per heavy atom. The molecule has 0 bridgehead atoms. The van der Waals surface area contributed by atoms with Gasteiger partial charge in [-0.2, -0.15) is 13.2 Å². The Morgan fingerprint density at radius 1 is 1.41 bits per heavy atom. The van der Waals surface area contributed by atoms with Crippen LogP contribution in [-0.4, -0.2) is 25.0 Å². The predicted molar refractivity (Wildman–Crippen MR) is 81.2 cm³/mol. The van der Waals surface area contributed by atoms with E-state index in [9.17, 15) is 18.0 Å². The minimum Gasteiger partial charge on any atom is -0.349 e. The molecule has 1 aromatic carbocycles. The van der Waals surface area contributed by atoms with Crippen molar-refractivity contribution in [3.63, 3.8) is 0 Å². The van der Waals surface area contributed by atoms with Crippen LogP contribution in [0.2, 0.25) is 0 Å². The molecule has 3 nitrogen and oxygen atoms in total. The molecule has 22 heavy (non-hydrogen) atoms. The van der Waals surface area contributed by atoms with Crippen LogP contribution in [-0.2, 0) is 6.18 Å². The molecule has 124 valence electrons. The van der Waals surface area contributed by atoms with Crippen molar-refractivity contribution in [2.24, 2.45) is 5.92 Å². The zero-order chi connectivity index (χ0) is 15.5. The molecule has 0 saturated carbocycles. The Kier molecular flexibility index (Phi) is 6.68. The number of amides is 1. The lowest BCUT2D eigenvalue weighted by Gasteiger charge is -2.29. The van der Waals surface area contributed by atoms with Crippen LogP contribution in [0.5, 0.6) is 0 Å². The number of alkyl halides is 3. The van der Waals surface area contributed by atoms with Gasteiger partial charge in [-0.15, -0.1) is 12.4 Å². The molecule has 7 heteroatoms. The number of carbonyl (C=O) groups excluding carboxylic acids is 1. The quantitative estimate of drug-likeness (QED) is 0.889. The summed E-state index contributed by atoms with van der Waals surface area (Å²) in [5, 5.41) is 6.06. The van der Waals surface area contributed by atoms with E-state index < -0.39 is 17.6 Å². The topological polar surface area (TPSA) is 41.1 Å². The normalized spacial score (nSPS) is 19.9. The molecule has 2 unspecified atom stereocenters. The molecule has 1 saturated heterocycles. The lowest BCUT2D eigenvalue weighted by atomic mass is 9.92. The maximum atomic E-state index is 12.6. The van der Waals surface area contributed by atoms with Gasteiger partial charge in [0.2, 0.25) is 0 Å². The molecular formula is C15H20ClF3N2O. The Morgan fingerprint density at radius 2 is 2.14 bits per heavy atom. The smallest absolute Gasteiger partial charge is 0.349 e. The third-order valence-electron chi connectivity index (χ3n) is 3.85. The van der Waals surface area contributed by atoms with Crippen molar-refractivity contribution in [2.75, 3.05) is 13.1 Å². The lowest BCUT2D eigenvalue weighted by Crippen LogP contribution is -2.44. The fourth-order valence-electron chi connectivity index (χ4n) is 2.55. The molecule has 2 atom stereocenters. The minimum absolute atomic E-state index is 0. The van der Waals surface area contributed by atoms with Gasteiger partial charge in [0.1, 0.15) is 0 Å². The Labute approximate surface area is 134 Å². The average Bonchev–Trinajstić information content (AvgIpc) is 2.47. The van der Waals surface area contributed by atoms with Crippen molar-refractivity contribution in [3.05, 3.63) is 35.4 Å². The van der Waals surface area contributed by atoms with Crippen LogP contribution in [0.15, 0.2) is 24.3 Å². The predicted octanol–water partition coefficient (Wildman–Crippen LogP) is 3.25. The summed E-state index contributed by atoms with van der Waals surface area (Å²) in [5.41, 5.74) is -0.762. The summed E-state index contributed by atoms with van der Waals surface area (Å²) in [4.78, 5) is 12.1. The van der Waals surface area contributed by atoms with Gasteiger partial charge in [-0.3, -0.25) is 4.79 Å². The number of halogens is 4. The van der Waals surface area contributed by atoms with Gasteiger partial charge >= 0.3 is 6.18 Å². The zero-order valence-electron chi connectivity index (χ0n) is 12.2. The Bertz CT molecular complexity index is 502. The van der Waals surface area contributed by atoms with Crippen LogP contribution < -0.4 is 10.6 Å². The monoisotopic (exact) mass is 336 g/mol. The highest BCUT2D eigenvalue weighted by Crippen LogP contribution is 2.29. The minimum atomic E-state index is -4.44. The second-order valence-corrected chi connectivity index (χ2v) is 5.45. The van der Waals surface area contributed by atoms with Gasteiger partial charge in [0.25, 0.3) is 5.91 Å². The zero-order valence-corrected chi connectivity index (χ0v) is 13.1. The second-order valence-electron chi connectivity index (χ2n) is 5.45. The summed E-state index contributed by atoms with van der Waals surface area (Å²) in [5.74, 6) is -0.146. The fourth-order valence-corrected chi connectivity index (χ4v) is 2.55. The van der Waals surface area contributed by atoms with Gasteiger partial charge in [0, 0.05) is 11.6 Å². The van der Waals surface area contributed by atoms with Gasteiger partial charge in [0.05, 0.1) is 5.56 Å². The maximum Gasteiger partial charge on any atom is 0.416 e. The highest BCUT2D eigenvalue weighted by Gasteiger charge is 2.31. The fraction of sp³-hybridized carbons (Fsp3) is 0.533. The first-order chi connectivity index (χ1) is 9.88. The number of piperidine rings is 1. The van der Waals surface area contributed by atoms with Gasteiger partial charge in [-0.05, 0) is 57.0 Å². The second kappa shape index (κ2) is 7.83. The molecule has 2 N–H and O–H groups in total. The average molecular weight is 337 g/mol. The maximum absolute atomic E-state index is 12.6. The van der Waals surface area contributed by atoms with E-state index in [-0.39, 0.29) is 24.0 Å². The van der Waals surface area contributed by atoms with Crippen LogP contribution in [0.25, 0.3) is 0 Å². The number of rotatable bonds is 3. The summed E-state index contributed by atoms with van der Waals surface area (Å²) in [6.45, 7) is 3.69. The Hall–Kier alpha value is -1.27. The molecule has 1 aromatic rings. The Balaban J connectivity index is 0.00000242. The molecule has 0 radical (unpaired) electrons. The van der Waals surface area contributed by atoms with E-state index in [0.717, 1.165) is 38.1 Å². The van der Waals surface area contributed by atoms with Crippen molar-refractivity contribution in [1.29, 1.82) is 0 Å². The van der Waals surface area contributed by atoms with Crippen molar-refractivity contribution in [2.45, 2.75) is 32.0 Å². The van der Waals surface area contributed by atoms with Crippen molar-refractivity contribution in [1.82, 2.24) is 10.6 Å². The molecule has 2 rings (SSSR count). The number of benzene rings is 1. The standard InChI is InChI=1S/C15H19F3N2O.ClH/c1-10(12-5-3-7-19-9-12)20-14(21)11-4-2-6-13(8-11)15(16,17)18;/h2,4,6,8,10,12,19H,3,5,7,9H2,1H3,(H,20,21);1H. The van der Waals surface area contributed by atoms with E-state index in [4.69, 9.17) is 0 Å². The van der Waals surface area contributed by atoms with Gasteiger partial charge < -0.3 is 10.6 Å². The first kappa shape index (κ1) is 18.8. The highest BCUT2D eigenvalue weighted by atomic mass is 35.5. The molecule has 1 fully saturated rings. The van der Waals surface area contributed by atoms with Gasteiger partial charge in [-0.25, -0.2) is 0 Å². The lowest BCUT2D eigenvalue weighted by molar-refractivity contribution is -0.137. The number of hydrogen-bond donors (Lipinski definition) is 2. The number of carbonyl (C=O) groups is 1. The van der Waals surface area contributed by atoms with E-state index in [1.54, 1.807) is 0 Å². The van der Waals surface area contributed by atoms with E-state index in [0.29, 0.717) is 5.92 Å². The molecule has 0 spiro atoms.